The summed E-state index contributed by atoms with van der Waals surface area (Å²) in [5.41, 5.74) is 11.7. The first-order valence-electron chi connectivity index (χ1n) is 21.4. The van der Waals surface area contributed by atoms with Gasteiger partial charge >= 0.3 is 0 Å². The number of anilines is 8. The van der Waals surface area contributed by atoms with E-state index in [9.17, 15) is 0 Å². The van der Waals surface area contributed by atoms with E-state index in [1.165, 1.54) is 75.3 Å². The van der Waals surface area contributed by atoms with Gasteiger partial charge in [0.2, 0.25) is 0 Å². The number of hydrogen-bond acceptors (Lipinski definition) is 6. The maximum absolute atomic E-state index is 15.6. The third kappa shape index (κ3) is 8.29. The van der Waals surface area contributed by atoms with Crippen molar-refractivity contribution in [1.29, 1.82) is 0 Å². The summed E-state index contributed by atoms with van der Waals surface area (Å²) in [6.07, 6.45) is 12.6. The molecule has 6 nitrogen and oxygen atoms in total. The molecule has 0 heterocycles. The van der Waals surface area contributed by atoms with Crippen molar-refractivity contribution in [2.75, 3.05) is 21.3 Å². The third-order valence-electron chi connectivity index (χ3n) is 12.6. The highest BCUT2D eigenvalue weighted by molar-refractivity contribution is 9.11. The Morgan fingerprint density at radius 3 is 1.08 bits per heavy atom. The molecule has 0 aliphatic heterocycles. The summed E-state index contributed by atoms with van der Waals surface area (Å²) in [7, 11) is 0. The van der Waals surface area contributed by atoms with Gasteiger partial charge in [0.25, 0.3) is 0 Å². The largest absolute Gasteiger partial charge is 0.355 e. The molecule has 304 valence electrons. The van der Waals surface area contributed by atoms with Gasteiger partial charge in [-0.15, -0.1) is 0 Å². The molecule has 9 rings (SSSR count). The zero-order valence-corrected chi connectivity index (χ0v) is 37.4. The van der Waals surface area contributed by atoms with E-state index in [2.05, 4.69) is 102 Å². The van der Waals surface area contributed by atoms with E-state index in [-0.39, 0.29) is 11.6 Å². The SMILES string of the molecule is Cc1ccc(Nc2c(Br)cc(Nc3ccc(C4CCCCC4)cc3)c3c2C(=O)c2c(Nc4ccc(C5CCCCC5)cc4)cc(Br)c(Nc4ccc(C)cc4)c2C3=O)cc1. The van der Waals surface area contributed by atoms with Crippen LogP contribution in [0.5, 0.6) is 0 Å². The van der Waals surface area contributed by atoms with E-state index >= 15 is 9.59 Å². The highest BCUT2D eigenvalue weighted by Crippen LogP contribution is 2.49. The van der Waals surface area contributed by atoms with Crippen LogP contribution in [0.4, 0.5) is 45.5 Å². The number of hydrogen-bond donors (Lipinski definition) is 4. The Hall–Kier alpha value is -5.18. The van der Waals surface area contributed by atoms with E-state index in [4.69, 9.17) is 0 Å². The zero-order valence-electron chi connectivity index (χ0n) is 34.2. The Kier molecular flexibility index (Phi) is 11.7. The average Bonchev–Trinajstić information content (AvgIpc) is 3.27. The number of ketones is 2. The van der Waals surface area contributed by atoms with Crippen LogP contribution in [0.15, 0.2) is 118 Å². The molecule has 4 N–H and O–H groups in total. The highest BCUT2D eigenvalue weighted by atomic mass is 79.9. The van der Waals surface area contributed by atoms with Gasteiger partial charge in [-0.1, -0.05) is 98.2 Å². The van der Waals surface area contributed by atoms with E-state index < -0.39 is 0 Å². The number of carbonyl (C=O) groups is 2. The van der Waals surface area contributed by atoms with Crippen molar-refractivity contribution in [1.82, 2.24) is 0 Å². The summed E-state index contributed by atoms with van der Waals surface area (Å²) in [4.78, 5) is 31.2. The molecule has 0 spiro atoms. The molecule has 6 aromatic rings. The summed E-state index contributed by atoms with van der Waals surface area (Å²) < 4.78 is 1.33. The predicted molar refractivity (Wildman–Crippen MR) is 255 cm³/mol. The molecule has 0 radical (unpaired) electrons. The second-order valence-corrected chi connectivity index (χ2v) is 18.6. The van der Waals surface area contributed by atoms with Crippen molar-refractivity contribution in [3.8, 4) is 0 Å². The van der Waals surface area contributed by atoms with Gasteiger partial charge in [0.05, 0.1) is 45.0 Å². The molecule has 3 aliphatic rings. The molecule has 0 atom stereocenters. The lowest BCUT2D eigenvalue weighted by atomic mass is 9.80. The van der Waals surface area contributed by atoms with Crippen molar-refractivity contribution in [3.05, 3.63) is 163 Å². The molecule has 6 aromatic carbocycles. The normalized spacial score (nSPS) is 15.6. The van der Waals surface area contributed by atoms with Crippen LogP contribution in [0, 0.1) is 13.8 Å². The summed E-state index contributed by atoms with van der Waals surface area (Å²) in [6, 6.07) is 37.1. The summed E-state index contributed by atoms with van der Waals surface area (Å²) in [5, 5.41) is 14.2. The first-order chi connectivity index (χ1) is 29.2. The number of fused-ring (bicyclic) bond motifs is 2. The Balaban J connectivity index is 1.18. The first kappa shape index (κ1) is 40.2. The average molecular weight is 923 g/mol. The fraction of sp³-hybridized carbons (Fsp3) is 0.269. The molecule has 60 heavy (non-hydrogen) atoms. The first-order valence-corrected chi connectivity index (χ1v) is 23.0. The lowest BCUT2D eigenvalue weighted by Crippen LogP contribution is -2.26. The minimum absolute atomic E-state index is 0.257. The fourth-order valence-corrected chi connectivity index (χ4v) is 10.4. The van der Waals surface area contributed by atoms with Gasteiger partial charge in [-0.2, -0.15) is 0 Å². The van der Waals surface area contributed by atoms with E-state index in [1.54, 1.807) is 0 Å². The Morgan fingerprint density at radius 1 is 0.417 bits per heavy atom. The molecular weight excluding hydrogens is 872 g/mol. The number of carbonyl (C=O) groups excluding carboxylic acids is 2. The van der Waals surface area contributed by atoms with Crippen molar-refractivity contribution in [3.63, 3.8) is 0 Å². The molecule has 0 unspecified atom stereocenters. The molecular formula is C52H50Br2N4O2. The van der Waals surface area contributed by atoms with Crippen molar-refractivity contribution < 1.29 is 9.59 Å². The van der Waals surface area contributed by atoms with Crippen molar-refractivity contribution in [2.24, 2.45) is 0 Å². The number of aryl methyl sites for hydroxylation is 2. The van der Waals surface area contributed by atoms with Gasteiger partial charge in [0.1, 0.15) is 0 Å². The molecule has 3 aliphatic carbocycles. The second-order valence-electron chi connectivity index (χ2n) is 16.9. The maximum atomic E-state index is 15.6. The molecule has 0 amide bonds. The molecule has 2 saturated carbocycles. The molecule has 8 heteroatoms. The summed E-state index contributed by atoms with van der Waals surface area (Å²) in [5.74, 6) is 0.639. The third-order valence-corrected chi connectivity index (χ3v) is 13.9. The van der Waals surface area contributed by atoms with Gasteiger partial charge in [0, 0.05) is 31.7 Å². The zero-order chi connectivity index (χ0) is 41.3. The van der Waals surface area contributed by atoms with Crippen LogP contribution in [0.3, 0.4) is 0 Å². The smallest absolute Gasteiger partial charge is 0.198 e. The van der Waals surface area contributed by atoms with Crippen LogP contribution in [0.2, 0.25) is 0 Å². The lowest BCUT2D eigenvalue weighted by Gasteiger charge is -2.29. The van der Waals surface area contributed by atoms with Crippen LogP contribution in [-0.2, 0) is 0 Å². The van der Waals surface area contributed by atoms with Gasteiger partial charge in [0.15, 0.2) is 11.6 Å². The molecule has 0 saturated heterocycles. The Labute approximate surface area is 370 Å². The molecule has 0 bridgehead atoms. The van der Waals surface area contributed by atoms with Gasteiger partial charge in [-0.3, -0.25) is 9.59 Å². The molecule has 0 aromatic heterocycles. The Morgan fingerprint density at radius 2 is 0.733 bits per heavy atom. The van der Waals surface area contributed by atoms with Crippen LogP contribution in [0.1, 0.15) is 130 Å². The Bertz CT molecular complexity index is 2380. The quantitative estimate of drug-likeness (QED) is 0.109. The summed E-state index contributed by atoms with van der Waals surface area (Å²) >= 11 is 7.70. The number of nitrogens with one attached hydrogen (secondary N) is 4. The highest BCUT2D eigenvalue weighted by Gasteiger charge is 2.40. The maximum Gasteiger partial charge on any atom is 0.198 e. The number of benzene rings is 6. The van der Waals surface area contributed by atoms with Crippen molar-refractivity contribution >= 4 is 88.9 Å². The standard InChI is InChI=1S/C52H50Br2N4O2/c1-31-13-21-39(22-14-31)57-49-41(53)29-43(55-37-25-17-35(18-26-37)33-9-5-3-6-10-33)45-47(49)51(59)46-44(56-38-27-19-36(20-28-38)34-11-7-4-8-12-34)30-42(54)50(48(46)52(45)60)58-40-23-15-32(2)16-24-40/h13-30,33-34,55-58H,3-12H2,1-2H3. The van der Waals surface area contributed by atoms with E-state index in [0.717, 1.165) is 33.9 Å². The number of halogens is 2. The minimum atomic E-state index is -0.257. The van der Waals surface area contributed by atoms with Crippen LogP contribution in [-0.4, -0.2) is 11.6 Å². The second kappa shape index (κ2) is 17.4. The lowest BCUT2D eigenvalue weighted by molar-refractivity contribution is 0.0981. The van der Waals surface area contributed by atoms with Crippen molar-refractivity contribution in [2.45, 2.75) is 89.9 Å². The monoisotopic (exact) mass is 920 g/mol. The predicted octanol–water partition coefficient (Wildman–Crippen LogP) is 15.7. The fourth-order valence-electron chi connectivity index (χ4n) is 9.34. The minimum Gasteiger partial charge on any atom is -0.355 e. The van der Waals surface area contributed by atoms with Crippen LogP contribution < -0.4 is 21.3 Å². The number of rotatable bonds is 10. The van der Waals surface area contributed by atoms with Gasteiger partial charge in [-0.25, -0.2) is 0 Å². The topological polar surface area (TPSA) is 82.3 Å². The van der Waals surface area contributed by atoms with E-state index in [0.29, 0.717) is 65.8 Å². The van der Waals surface area contributed by atoms with Gasteiger partial charge < -0.3 is 21.3 Å². The van der Waals surface area contributed by atoms with Gasteiger partial charge in [-0.05, 0) is 155 Å². The van der Waals surface area contributed by atoms with E-state index in [1.807, 2.05) is 74.5 Å². The molecule has 2 fully saturated rings. The van der Waals surface area contributed by atoms with Crippen LogP contribution in [0.25, 0.3) is 0 Å². The summed E-state index contributed by atoms with van der Waals surface area (Å²) in [6.45, 7) is 4.09. The van der Waals surface area contributed by atoms with Crippen LogP contribution >= 0.6 is 31.9 Å².